The lowest BCUT2D eigenvalue weighted by Crippen LogP contribution is -2.38. The fraction of sp³-hybridized carbons (Fsp3) is 1.00. The third-order valence-corrected chi connectivity index (χ3v) is 3.93. The Labute approximate surface area is 95.6 Å². The van der Waals surface area contributed by atoms with Crippen LogP contribution in [0.4, 0.5) is 0 Å². The molecule has 0 aromatic rings. The Morgan fingerprint density at radius 3 is 2.33 bits per heavy atom. The zero-order valence-electron chi connectivity index (χ0n) is 11.2. The Hall–Kier alpha value is -0.0400. The van der Waals surface area contributed by atoms with Gasteiger partial charge in [0.25, 0.3) is 0 Å². The van der Waals surface area contributed by atoms with Gasteiger partial charge in [0.2, 0.25) is 0 Å². The first-order valence-electron chi connectivity index (χ1n) is 6.64. The predicted octanol–water partition coefficient (Wildman–Crippen LogP) is 4.41. The highest BCUT2D eigenvalue weighted by Gasteiger charge is 2.32. The van der Waals surface area contributed by atoms with Gasteiger partial charge in [-0.3, -0.25) is 0 Å². The first-order chi connectivity index (χ1) is 6.96. The molecule has 0 aromatic carbocycles. The quantitative estimate of drug-likeness (QED) is 0.671. The van der Waals surface area contributed by atoms with Crippen LogP contribution in [0.25, 0.3) is 0 Å². The van der Waals surface area contributed by atoms with Gasteiger partial charge < -0.3 is 4.74 Å². The van der Waals surface area contributed by atoms with Crippen molar-refractivity contribution in [1.29, 1.82) is 0 Å². The van der Waals surface area contributed by atoms with Gasteiger partial charge in [0.15, 0.2) is 0 Å². The molecule has 0 N–H and O–H groups in total. The summed E-state index contributed by atoms with van der Waals surface area (Å²) in [6.07, 6.45) is 7.00. The van der Waals surface area contributed by atoms with E-state index < -0.39 is 0 Å². The van der Waals surface area contributed by atoms with Crippen LogP contribution in [-0.4, -0.2) is 11.7 Å². The molecular formula is C14H28O. The maximum absolute atomic E-state index is 6.30. The maximum Gasteiger partial charge on any atom is 0.0627 e. The van der Waals surface area contributed by atoms with Gasteiger partial charge in [0, 0.05) is 0 Å². The summed E-state index contributed by atoms with van der Waals surface area (Å²) in [6, 6.07) is 0. The third kappa shape index (κ3) is 3.79. The van der Waals surface area contributed by atoms with E-state index in [4.69, 9.17) is 4.74 Å². The van der Waals surface area contributed by atoms with E-state index >= 15 is 0 Å². The predicted molar refractivity (Wildman–Crippen MR) is 66.0 cm³/mol. The molecule has 0 spiro atoms. The van der Waals surface area contributed by atoms with Gasteiger partial charge in [0.1, 0.15) is 0 Å². The molecule has 15 heavy (non-hydrogen) atoms. The molecule has 0 heterocycles. The molecule has 2 atom stereocenters. The molecule has 1 aliphatic rings. The summed E-state index contributed by atoms with van der Waals surface area (Å²) in [4.78, 5) is 0. The van der Waals surface area contributed by atoms with Crippen LogP contribution in [0.1, 0.15) is 66.7 Å². The number of ether oxygens (including phenoxy) is 1. The van der Waals surface area contributed by atoms with E-state index in [1.54, 1.807) is 0 Å². The minimum absolute atomic E-state index is 0.0646. The molecule has 0 aromatic heterocycles. The monoisotopic (exact) mass is 212 g/mol. The molecule has 0 amide bonds. The normalized spacial score (nSPS) is 28.4. The SMILES string of the molecule is CCC(C)(C)OC1CCCCC1C(C)C. The summed E-state index contributed by atoms with van der Waals surface area (Å²) >= 11 is 0. The van der Waals surface area contributed by atoms with Gasteiger partial charge in [-0.25, -0.2) is 0 Å². The Morgan fingerprint density at radius 1 is 1.20 bits per heavy atom. The summed E-state index contributed by atoms with van der Waals surface area (Å²) in [5.74, 6) is 1.55. The van der Waals surface area contributed by atoms with Crippen molar-refractivity contribution >= 4 is 0 Å². The fourth-order valence-electron chi connectivity index (χ4n) is 2.53. The van der Waals surface area contributed by atoms with Crippen LogP contribution in [0, 0.1) is 11.8 Å². The van der Waals surface area contributed by atoms with E-state index in [0.717, 1.165) is 18.3 Å². The number of hydrogen-bond acceptors (Lipinski definition) is 1. The summed E-state index contributed by atoms with van der Waals surface area (Å²) < 4.78 is 6.30. The second-order valence-electron chi connectivity index (χ2n) is 5.96. The summed E-state index contributed by atoms with van der Waals surface area (Å²) in [5, 5.41) is 0. The van der Waals surface area contributed by atoms with E-state index in [1.807, 2.05) is 0 Å². The van der Waals surface area contributed by atoms with Crippen molar-refractivity contribution in [2.45, 2.75) is 78.4 Å². The number of hydrogen-bond donors (Lipinski definition) is 0. The Balaban J connectivity index is 2.57. The topological polar surface area (TPSA) is 9.23 Å². The van der Waals surface area contributed by atoms with Gasteiger partial charge in [-0.2, -0.15) is 0 Å². The van der Waals surface area contributed by atoms with Crippen LogP contribution in [0.2, 0.25) is 0 Å². The van der Waals surface area contributed by atoms with Gasteiger partial charge in [-0.05, 0) is 44.9 Å². The van der Waals surface area contributed by atoms with Crippen LogP contribution in [-0.2, 0) is 4.74 Å². The molecule has 1 heteroatoms. The van der Waals surface area contributed by atoms with Crippen molar-refractivity contribution in [3.05, 3.63) is 0 Å². The minimum atomic E-state index is 0.0646. The highest BCUT2D eigenvalue weighted by atomic mass is 16.5. The Bertz CT molecular complexity index is 184. The second-order valence-corrected chi connectivity index (χ2v) is 5.96. The van der Waals surface area contributed by atoms with Gasteiger partial charge in [-0.1, -0.05) is 33.6 Å². The average Bonchev–Trinajstić information content (AvgIpc) is 2.18. The molecule has 0 saturated heterocycles. The Morgan fingerprint density at radius 2 is 1.80 bits per heavy atom. The molecule has 0 aliphatic heterocycles. The summed E-state index contributed by atoms with van der Waals surface area (Å²) in [6.45, 7) is 11.3. The molecular weight excluding hydrogens is 184 g/mol. The van der Waals surface area contributed by atoms with Crippen molar-refractivity contribution in [3.8, 4) is 0 Å². The van der Waals surface area contributed by atoms with Crippen molar-refractivity contribution in [2.24, 2.45) is 11.8 Å². The highest BCUT2D eigenvalue weighted by molar-refractivity contribution is 4.81. The lowest BCUT2D eigenvalue weighted by molar-refractivity contribution is -0.117. The minimum Gasteiger partial charge on any atom is -0.372 e. The second kappa shape index (κ2) is 5.34. The molecule has 90 valence electrons. The molecule has 1 rings (SSSR count). The van der Waals surface area contributed by atoms with E-state index in [2.05, 4.69) is 34.6 Å². The van der Waals surface area contributed by atoms with Crippen molar-refractivity contribution in [1.82, 2.24) is 0 Å². The molecule has 2 unspecified atom stereocenters. The van der Waals surface area contributed by atoms with Crippen LogP contribution in [0.5, 0.6) is 0 Å². The van der Waals surface area contributed by atoms with E-state index in [1.165, 1.54) is 25.7 Å². The molecule has 1 nitrogen and oxygen atoms in total. The molecule has 1 saturated carbocycles. The van der Waals surface area contributed by atoms with Crippen molar-refractivity contribution in [3.63, 3.8) is 0 Å². The standard InChI is InChI=1S/C14H28O/c1-6-14(4,5)15-13-10-8-7-9-12(13)11(2)3/h11-13H,6-10H2,1-5H3. The lowest BCUT2D eigenvalue weighted by atomic mass is 9.79. The number of rotatable bonds is 4. The fourth-order valence-corrected chi connectivity index (χ4v) is 2.53. The van der Waals surface area contributed by atoms with Crippen LogP contribution < -0.4 is 0 Å². The Kier molecular flexibility index (Phi) is 4.64. The van der Waals surface area contributed by atoms with Crippen LogP contribution >= 0.6 is 0 Å². The first-order valence-corrected chi connectivity index (χ1v) is 6.64. The lowest BCUT2D eigenvalue weighted by Gasteiger charge is -2.39. The van der Waals surface area contributed by atoms with E-state index in [9.17, 15) is 0 Å². The van der Waals surface area contributed by atoms with Crippen LogP contribution in [0.15, 0.2) is 0 Å². The summed E-state index contributed by atoms with van der Waals surface area (Å²) in [5.41, 5.74) is 0.0646. The van der Waals surface area contributed by atoms with Crippen LogP contribution in [0.3, 0.4) is 0 Å². The van der Waals surface area contributed by atoms with Crippen molar-refractivity contribution < 1.29 is 4.74 Å². The molecule has 1 fully saturated rings. The van der Waals surface area contributed by atoms with Gasteiger partial charge in [-0.15, -0.1) is 0 Å². The molecule has 0 bridgehead atoms. The molecule has 0 radical (unpaired) electrons. The third-order valence-electron chi connectivity index (χ3n) is 3.93. The average molecular weight is 212 g/mol. The smallest absolute Gasteiger partial charge is 0.0627 e. The largest absolute Gasteiger partial charge is 0.372 e. The molecule has 1 aliphatic carbocycles. The highest BCUT2D eigenvalue weighted by Crippen LogP contribution is 2.35. The summed E-state index contributed by atoms with van der Waals surface area (Å²) in [7, 11) is 0. The first kappa shape index (κ1) is 13.0. The maximum atomic E-state index is 6.30. The zero-order valence-corrected chi connectivity index (χ0v) is 11.2. The zero-order chi connectivity index (χ0) is 11.5. The van der Waals surface area contributed by atoms with E-state index in [-0.39, 0.29) is 5.60 Å². The van der Waals surface area contributed by atoms with Gasteiger partial charge in [0.05, 0.1) is 11.7 Å². The van der Waals surface area contributed by atoms with Crippen molar-refractivity contribution in [2.75, 3.05) is 0 Å². The van der Waals surface area contributed by atoms with Gasteiger partial charge >= 0.3 is 0 Å². The van der Waals surface area contributed by atoms with E-state index in [0.29, 0.717) is 6.10 Å².